The van der Waals surface area contributed by atoms with Gasteiger partial charge in [0.2, 0.25) is 10.0 Å². The van der Waals surface area contributed by atoms with Gasteiger partial charge in [-0.1, -0.05) is 23.2 Å². The average Bonchev–Trinajstić information content (AvgIpc) is 2.13. The highest BCUT2D eigenvalue weighted by Crippen LogP contribution is 2.24. The molecule has 0 bridgehead atoms. The zero-order valence-corrected chi connectivity index (χ0v) is 13.3. The molecule has 1 aromatic carbocycles. The minimum Gasteiger partial charge on any atom is -0.207 e. The molecule has 1 atom stereocenters. The maximum atomic E-state index is 12.2. The van der Waals surface area contributed by atoms with Crippen LogP contribution in [0.4, 0.5) is 0 Å². The molecule has 0 spiro atoms. The Morgan fingerprint density at radius 1 is 1.17 bits per heavy atom. The molecular formula is C11H14Cl3NO2S. The summed E-state index contributed by atoms with van der Waals surface area (Å²) in [6.07, 6.45) is 0. The van der Waals surface area contributed by atoms with Crippen molar-refractivity contribution in [3.05, 3.63) is 28.2 Å². The van der Waals surface area contributed by atoms with Crippen molar-refractivity contribution in [1.82, 2.24) is 4.72 Å². The second-order valence-corrected chi connectivity index (χ2v) is 7.76. The topological polar surface area (TPSA) is 46.2 Å². The van der Waals surface area contributed by atoms with Crippen molar-refractivity contribution in [2.24, 2.45) is 0 Å². The van der Waals surface area contributed by atoms with Crippen LogP contribution in [0.25, 0.3) is 0 Å². The summed E-state index contributed by atoms with van der Waals surface area (Å²) in [6.45, 7) is 5.12. The zero-order chi connectivity index (χ0) is 14.1. The Labute approximate surface area is 122 Å². The second-order valence-electron chi connectivity index (χ2n) is 4.55. The summed E-state index contributed by atoms with van der Waals surface area (Å²) in [5, 5.41) is 0.154. The van der Waals surface area contributed by atoms with Gasteiger partial charge >= 0.3 is 0 Å². The summed E-state index contributed by atoms with van der Waals surface area (Å²) < 4.78 is 26.9. The van der Waals surface area contributed by atoms with Crippen LogP contribution in [-0.2, 0) is 10.0 Å². The highest BCUT2D eigenvalue weighted by Gasteiger charge is 2.30. The van der Waals surface area contributed by atoms with Crippen LogP contribution < -0.4 is 4.72 Å². The Morgan fingerprint density at radius 3 is 2.00 bits per heavy atom. The third-order valence-corrected chi connectivity index (χ3v) is 5.17. The lowest BCUT2D eigenvalue weighted by atomic mass is 10.0. The maximum Gasteiger partial charge on any atom is 0.241 e. The minimum absolute atomic E-state index is 0.0189. The summed E-state index contributed by atoms with van der Waals surface area (Å²) in [7, 11) is -3.71. The van der Waals surface area contributed by atoms with Crippen molar-refractivity contribution in [1.29, 1.82) is 0 Å². The van der Waals surface area contributed by atoms with Gasteiger partial charge in [-0.2, -0.15) is 0 Å². The summed E-state index contributed by atoms with van der Waals surface area (Å²) in [5.41, 5.74) is -0.783. The van der Waals surface area contributed by atoms with E-state index >= 15 is 0 Å². The summed E-state index contributed by atoms with van der Waals surface area (Å²) in [6, 6.07) is 4.15. The van der Waals surface area contributed by atoms with Crippen LogP contribution in [-0.4, -0.2) is 19.3 Å². The summed E-state index contributed by atoms with van der Waals surface area (Å²) in [5.74, 6) is 0. The number of alkyl halides is 1. The fourth-order valence-electron chi connectivity index (χ4n) is 1.17. The molecule has 18 heavy (non-hydrogen) atoms. The molecule has 0 aromatic heterocycles. The lowest BCUT2D eigenvalue weighted by molar-refractivity contribution is 0.445. The smallest absolute Gasteiger partial charge is 0.207 e. The molecule has 0 aliphatic heterocycles. The second kappa shape index (κ2) is 5.55. The maximum absolute atomic E-state index is 12.2. The summed E-state index contributed by atoms with van der Waals surface area (Å²) >= 11 is 17.5. The van der Waals surface area contributed by atoms with Gasteiger partial charge in [-0.05, 0) is 39.0 Å². The van der Waals surface area contributed by atoms with E-state index in [1.54, 1.807) is 20.8 Å². The predicted molar refractivity (Wildman–Crippen MR) is 76.2 cm³/mol. The highest BCUT2D eigenvalue weighted by atomic mass is 35.5. The summed E-state index contributed by atoms with van der Waals surface area (Å²) in [4.78, 5) is 0.0189. The average molecular weight is 331 g/mol. The number of halogens is 3. The molecule has 7 heteroatoms. The number of nitrogens with one attached hydrogen (secondary N) is 1. The van der Waals surface area contributed by atoms with Crippen molar-refractivity contribution in [3.8, 4) is 0 Å². The normalized spacial score (nSPS) is 14.6. The molecule has 1 rings (SSSR count). The van der Waals surface area contributed by atoms with Gasteiger partial charge in [-0.15, -0.1) is 11.6 Å². The number of hydrogen-bond donors (Lipinski definition) is 1. The first kappa shape index (κ1) is 16.1. The molecule has 0 aliphatic carbocycles. The lowest BCUT2D eigenvalue weighted by Gasteiger charge is -2.28. The van der Waals surface area contributed by atoms with Crippen LogP contribution in [0.2, 0.25) is 10.0 Å². The quantitative estimate of drug-likeness (QED) is 0.856. The molecule has 102 valence electrons. The van der Waals surface area contributed by atoms with Crippen molar-refractivity contribution in [2.75, 3.05) is 0 Å². The first-order valence-electron chi connectivity index (χ1n) is 5.19. The largest absolute Gasteiger partial charge is 0.241 e. The molecule has 3 nitrogen and oxygen atoms in total. The van der Waals surface area contributed by atoms with E-state index in [9.17, 15) is 8.42 Å². The van der Waals surface area contributed by atoms with Crippen LogP contribution in [0.3, 0.4) is 0 Å². The predicted octanol–water partition coefficient (Wildman–Crippen LogP) is 3.68. The van der Waals surface area contributed by atoms with Crippen LogP contribution in [0.5, 0.6) is 0 Å². The number of rotatable bonds is 4. The van der Waals surface area contributed by atoms with Crippen LogP contribution in [0, 0.1) is 0 Å². The minimum atomic E-state index is -3.71. The Kier molecular flexibility index (Phi) is 4.95. The first-order valence-corrected chi connectivity index (χ1v) is 7.86. The Bertz CT molecular complexity index is 521. The molecule has 0 saturated carbocycles. The van der Waals surface area contributed by atoms with Crippen LogP contribution in [0.1, 0.15) is 20.8 Å². The fraction of sp³-hybridized carbons (Fsp3) is 0.455. The zero-order valence-electron chi connectivity index (χ0n) is 10.2. The number of sulfonamides is 1. The third-order valence-electron chi connectivity index (χ3n) is 2.54. The molecule has 0 saturated heterocycles. The first-order chi connectivity index (χ1) is 8.04. The van der Waals surface area contributed by atoms with Gasteiger partial charge in [-0.25, -0.2) is 13.1 Å². The van der Waals surface area contributed by atoms with Gasteiger partial charge in [0.05, 0.1) is 4.90 Å². The Hall–Kier alpha value is -0.000000000000000111. The Morgan fingerprint density at radius 2 is 1.61 bits per heavy atom. The van der Waals surface area contributed by atoms with E-state index in [1.807, 2.05) is 0 Å². The molecule has 1 aromatic rings. The highest BCUT2D eigenvalue weighted by molar-refractivity contribution is 7.89. The van der Waals surface area contributed by atoms with E-state index in [4.69, 9.17) is 34.8 Å². The number of benzene rings is 1. The lowest BCUT2D eigenvalue weighted by Crippen LogP contribution is -2.48. The van der Waals surface area contributed by atoms with Gasteiger partial charge < -0.3 is 0 Å². The van der Waals surface area contributed by atoms with E-state index in [0.717, 1.165) is 0 Å². The Balaban J connectivity index is 3.15. The molecule has 0 amide bonds. The standard InChI is InChI=1S/C11H14Cl3NO2S/c1-7(12)11(2,3)15-18(16,17)10-5-8(13)4-9(14)6-10/h4-7,15H,1-3H3. The molecular weight excluding hydrogens is 317 g/mol. The van der Waals surface area contributed by atoms with Gasteiger partial charge in [0.15, 0.2) is 0 Å². The van der Waals surface area contributed by atoms with E-state index in [2.05, 4.69) is 4.72 Å². The SMILES string of the molecule is CC(Cl)C(C)(C)NS(=O)(=O)c1cc(Cl)cc(Cl)c1. The van der Waals surface area contributed by atoms with E-state index < -0.39 is 15.6 Å². The fourth-order valence-corrected chi connectivity index (χ4v) is 3.50. The van der Waals surface area contributed by atoms with Gasteiger partial charge in [0, 0.05) is 21.0 Å². The van der Waals surface area contributed by atoms with Crippen molar-refractivity contribution >= 4 is 44.8 Å². The molecule has 0 heterocycles. The number of hydrogen-bond acceptors (Lipinski definition) is 2. The van der Waals surface area contributed by atoms with Crippen molar-refractivity contribution in [2.45, 2.75) is 36.6 Å². The van der Waals surface area contributed by atoms with Gasteiger partial charge in [0.25, 0.3) is 0 Å². The molecule has 1 unspecified atom stereocenters. The van der Waals surface area contributed by atoms with Crippen molar-refractivity contribution < 1.29 is 8.42 Å². The molecule has 1 N–H and O–H groups in total. The monoisotopic (exact) mass is 329 g/mol. The molecule has 0 radical (unpaired) electrons. The van der Waals surface area contributed by atoms with Gasteiger partial charge in [-0.3, -0.25) is 0 Å². The molecule has 0 aliphatic rings. The third kappa shape index (κ3) is 4.00. The van der Waals surface area contributed by atoms with Crippen LogP contribution >= 0.6 is 34.8 Å². The van der Waals surface area contributed by atoms with Gasteiger partial charge in [0.1, 0.15) is 0 Å². The molecule has 0 fully saturated rings. The van der Waals surface area contributed by atoms with Crippen molar-refractivity contribution in [3.63, 3.8) is 0 Å². The van der Waals surface area contributed by atoms with Crippen LogP contribution in [0.15, 0.2) is 23.1 Å². The van der Waals surface area contributed by atoms with E-state index in [-0.39, 0.29) is 20.3 Å². The van der Waals surface area contributed by atoms with E-state index in [0.29, 0.717) is 0 Å². The van der Waals surface area contributed by atoms with E-state index in [1.165, 1.54) is 18.2 Å².